The molecule has 0 bridgehead atoms. The molecule has 2 heterocycles. The summed E-state index contributed by atoms with van der Waals surface area (Å²) in [6, 6.07) is 19.3. The van der Waals surface area contributed by atoms with Crippen LogP contribution in [0.3, 0.4) is 0 Å². The molecule has 0 spiro atoms. The fourth-order valence-electron chi connectivity index (χ4n) is 2.72. The molecule has 0 aliphatic rings. The lowest BCUT2D eigenvalue weighted by molar-refractivity contribution is 0.102. The maximum Gasteiger partial charge on any atom is 0.276 e. The highest BCUT2D eigenvalue weighted by molar-refractivity contribution is 6.01. The number of benzene rings is 2. The van der Waals surface area contributed by atoms with E-state index in [9.17, 15) is 4.79 Å². The topological polar surface area (TPSA) is 126 Å². The molecule has 31 heavy (non-hydrogen) atoms. The molecule has 4 rings (SSSR count). The van der Waals surface area contributed by atoms with Crippen molar-refractivity contribution in [1.82, 2.24) is 20.2 Å². The first kappa shape index (κ1) is 19.6. The van der Waals surface area contributed by atoms with Gasteiger partial charge in [-0.3, -0.25) is 15.2 Å². The van der Waals surface area contributed by atoms with Gasteiger partial charge in [0.15, 0.2) is 17.3 Å². The number of nitrogens with one attached hydrogen (secondary N) is 2. The number of ether oxygens (including phenoxy) is 2. The zero-order chi connectivity index (χ0) is 21.6. The largest absolute Gasteiger partial charge is 0.493 e. The number of amides is 1. The normalized spacial score (nSPS) is 10.2. The summed E-state index contributed by atoms with van der Waals surface area (Å²) < 4.78 is 11.0. The van der Waals surface area contributed by atoms with Crippen molar-refractivity contribution in [3.8, 4) is 34.7 Å². The Balaban J connectivity index is 1.42. The summed E-state index contributed by atoms with van der Waals surface area (Å²) in [6.07, 6.45) is 1.45. The molecule has 1 amide bonds. The summed E-state index contributed by atoms with van der Waals surface area (Å²) in [5, 5.41) is 18.2. The lowest BCUT2D eigenvalue weighted by Gasteiger charge is -2.09. The summed E-state index contributed by atoms with van der Waals surface area (Å²) in [5.74, 6) is 1.71. The van der Waals surface area contributed by atoms with Gasteiger partial charge in [-0.1, -0.05) is 12.1 Å². The van der Waals surface area contributed by atoms with Crippen LogP contribution in [-0.4, -0.2) is 33.2 Å². The van der Waals surface area contributed by atoms with Crippen molar-refractivity contribution >= 4 is 11.9 Å². The minimum atomic E-state index is -0.464. The Morgan fingerprint density at radius 1 is 1.06 bits per heavy atom. The first-order chi connectivity index (χ1) is 15.2. The third-order valence-corrected chi connectivity index (χ3v) is 4.26. The quantitative estimate of drug-likeness (QED) is 0.493. The summed E-state index contributed by atoms with van der Waals surface area (Å²) >= 11 is 0. The second kappa shape index (κ2) is 8.75. The number of nitrogens with zero attached hydrogens (tertiary/aromatic N) is 4. The average molecular weight is 412 g/mol. The molecule has 0 radical (unpaired) electrons. The van der Waals surface area contributed by atoms with Crippen molar-refractivity contribution in [3.05, 3.63) is 78.1 Å². The Morgan fingerprint density at radius 3 is 2.52 bits per heavy atom. The number of nitriles is 1. The van der Waals surface area contributed by atoms with E-state index in [0.29, 0.717) is 28.6 Å². The van der Waals surface area contributed by atoms with E-state index in [1.54, 1.807) is 49.6 Å². The molecule has 152 valence electrons. The second-order valence-corrected chi connectivity index (χ2v) is 6.28. The van der Waals surface area contributed by atoms with Crippen molar-refractivity contribution in [2.75, 3.05) is 12.4 Å². The molecule has 0 saturated carbocycles. The predicted octanol–water partition coefficient (Wildman–Crippen LogP) is 3.79. The van der Waals surface area contributed by atoms with E-state index in [1.165, 1.54) is 12.3 Å². The molecule has 2 N–H and O–H groups in total. The minimum Gasteiger partial charge on any atom is -0.493 e. The minimum absolute atomic E-state index is 0.112. The summed E-state index contributed by atoms with van der Waals surface area (Å²) in [7, 11) is 1.56. The number of methoxy groups -OCH3 is 1. The number of rotatable bonds is 6. The van der Waals surface area contributed by atoms with Crippen LogP contribution in [-0.2, 0) is 0 Å². The van der Waals surface area contributed by atoms with Crippen molar-refractivity contribution < 1.29 is 14.3 Å². The highest BCUT2D eigenvalue weighted by Gasteiger charge is 2.13. The van der Waals surface area contributed by atoms with Crippen molar-refractivity contribution in [2.24, 2.45) is 0 Å². The van der Waals surface area contributed by atoms with Crippen molar-refractivity contribution in [2.45, 2.75) is 0 Å². The van der Waals surface area contributed by atoms with Crippen LogP contribution in [0.5, 0.6) is 17.2 Å². The maximum absolute atomic E-state index is 12.4. The molecule has 0 saturated heterocycles. The van der Waals surface area contributed by atoms with Crippen molar-refractivity contribution in [3.63, 3.8) is 0 Å². The van der Waals surface area contributed by atoms with Crippen LogP contribution < -0.4 is 14.8 Å². The fourth-order valence-corrected chi connectivity index (χ4v) is 2.72. The number of hydrogen-bond acceptors (Lipinski definition) is 7. The van der Waals surface area contributed by atoms with E-state index in [4.69, 9.17) is 14.7 Å². The van der Waals surface area contributed by atoms with Crippen molar-refractivity contribution in [1.29, 1.82) is 5.26 Å². The van der Waals surface area contributed by atoms with Crippen LogP contribution in [0, 0.1) is 11.3 Å². The van der Waals surface area contributed by atoms with Crippen LogP contribution in [0.1, 0.15) is 16.1 Å². The summed E-state index contributed by atoms with van der Waals surface area (Å²) in [6.45, 7) is 0. The molecule has 2 aromatic carbocycles. The summed E-state index contributed by atoms with van der Waals surface area (Å²) in [4.78, 5) is 20.8. The van der Waals surface area contributed by atoms with Gasteiger partial charge in [0, 0.05) is 5.56 Å². The third-order valence-electron chi connectivity index (χ3n) is 4.26. The van der Waals surface area contributed by atoms with Crippen LogP contribution in [0.15, 0.2) is 66.9 Å². The van der Waals surface area contributed by atoms with Crippen LogP contribution >= 0.6 is 0 Å². The zero-order valence-electron chi connectivity index (χ0n) is 16.4. The van der Waals surface area contributed by atoms with E-state index in [1.807, 2.05) is 12.1 Å². The number of pyridine rings is 1. The fraction of sp³-hybridized carbons (Fsp3) is 0.0455. The van der Waals surface area contributed by atoms with Gasteiger partial charge in [-0.05, 0) is 48.5 Å². The number of H-pyrrole nitrogens is 1. The van der Waals surface area contributed by atoms with Gasteiger partial charge in [-0.2, -0.15) is 10.2 Å². The molecule has 0 aliphatic carbocycles. The molecule has 9 nitrogen and oxygen atoms in total. The van der Waals surface area contributed by atoms with Crippen LogP contribution in [0.25, 0.3) is 11.4 Å². The number of aromatic amines is 1. The van der Waals surface area contributed by atoms with Gasteiger partial charge in [0.1, 0.15) is 11.4 Å². The standard InChI is InChI=1S/C22H16N6O3/c1-30-18-4-2-3-5-19(18)31-16-10-11-17(24-13-16)21(29)26-22-25-20(27-28-22)15-8-6-14(12-23)7-9-15/h2-11,13H,1H3,(H2,25,26,27,28,29). The molecule has 0 unspecified atom stereocenters. The third kappa shape index (κ3) is 4.49. The van der Waals surface area contributed by atoms with E-state index in [2.05, 4.69) is 31.6 Å². The number of aromatic nitrogens is 4. The van der Waals surface area contributed by atoms with E-state index >= 15 is 0 Å². The van der Waals surface area contributed by atoms with Gasteiger partial charge in [-0.25, -0.2) is 4.98 Å². The zero-order valence-corrected chi connectivity index (χ0v) is 16.4. The van der Waals surface area contributed by atoms with Gasteiger partial charge in [-0.15, -0.1) is 5.10 Å². The Kier molecular flexibility index (Phi) is 5.53. The average Bonchev–Trinajstić information content (AvgIpc) is 3.28. The highest BCUT2D eigenvalue weighted by atomic mass is 16.5. The molecule has 0 aliphatic heterocycles. The molecule has 9 heteroatoms. The smallest absolute Gasteiger partial charge is 0.276 e. The summed E-state index contributed by atoms with van der Waals surface area (Å²) in [5.41, 5.74) is 1.46. The SMILES string of the molecule is COc1ccccc1Oc1ccc(C(=O)Nc2n[nH]c(-c3ccc(C#N)cc3)n2)nc1. The number of para-hydroxylation sites is 2. The lowest BCUT2D eigenvalue weighted by Crippen LogP contribution is -2.14. The number of carbonyl (C=O) groups is 1. The molecule has 2 aromatic heterocycles. The molecule has 0 fully saturated rings. The van der Waals surface area contributed by atoms with Gasteiger partial charge in [0.05, 0.1) is 24.9 Å². The Hall–Kier alpha value is -4.71. The van der Waals surface area contributed by atoms with Gasteiger partial charge >= 0.3 is 0 Å². The Morgan fingerprint density at radius 2 is 1.84 bits per heavy atom. The Labute approximate surface area is 177 Å². The Bertz CT molecular complexity index is 1240. The van der Waals surface area contributed by atoms with E-state index in [0.717, 1.165) is 5.56 Å². The number of carbonyl (C=O) groups excluding carboxylic acids is 1. The van der Waals surface area contributed by atoms with Crippen LogP contribution in [0.2, 0.25) is 0 Å². The first-order valence-corrected chi connectivity index (χ1v) is 9.17. The molecular formula is C22H16N6O3. The number of anilines is 1. The molecule has 0 atom stereocenters. The number of hydrogen-bond donors (Lipinski definition) is 2. The predicted molar refractivity (Wildman–Crippen MR) is 112 cm³/mol. The van der Waals surface area contributed by atoms with Crippen LogP contribution in [0.4, 0.5) is 5.95 Å². The molecular weight excluding hydrogens is 396 g/mol. The van der Waals surface area contributed by atoms with Gasteiger partial charge < -0.3 is 9.47 Å². The lowest BCUT2D eigenvalue weighted by atomic mass is 10.1. The maximum atomic E-state index is 12.4. The first-order valence-electron chi connectivity index (χ1n) is 9.17. The second-order valence-electron chi connectivity index (χ2n) is 6.28. The van der Waals surface area contributed by atoms with E-state index < -0.39 is 5.91 Å². The van der Waals surface area contributed by atoms with E-state index in [-0.39, 0.29) is 11.6 Å². The van der Waals surface area contributed by atoms with Gasteiger partial charge in [0.2, 0.25) is 5.95 Å². The monoisotopic (exact) mass is 412 g/mol. The molecule has 4 aromatic rings. The van der Waals surface area contributed by atoms with Gasteiger partial charge in [0.25, 0.3) is 5.91 Å². The highest BCUT2D eigenvalue weighted by Crippen LogP contribution is 2.30.